The Labute approximate surface area is 188 Å². The van der Waals surface area contributed by atoms with Crippen LogP contribution < -0.4 is 16.7 Å². The molecule has 0 aliphatic carbocycles. The minimum atomic E-state index is -0.0575. The van der Waals surface area contributed by atoms with Crippen LogP contribution in [0.5, 0.6) is 0 Å². The second-order valence-corrected chi connectivity index (χ2v) is 6.13. The number of aromatic amines is 1. The first-order chi connectivity index (χ1) is 13.1. The molecule has 0 unspecified atom stereocenters. The van der Waals surface area contributed by atoms with Gasteiger partial charge in [-0.05, 0) is 35.5 Å². The average Bonchev–Trinajstić information content (AvgIpc) is 2.67. The summed E-state index contributed by atoms with van der Waals surface area (Å²) in [6.45, 7) is 2.34. The Morgan fingerprint density at radius 1 is 1.14 bits per heavy atom. The first-order valence-electron chi connectivity index (χ1n) is 8.64. The molecule has 0 bridgehead atoms. The van der Waals surface area contributed by atoms with Crippen LogP contribution in [0.4, 0.5) is 11.4 Å². The molecule has 0 saturated carbocycles. The van der Waals surface area contributed by atoms with Crippen LogP contribution in [0.1, 0.15) is 23.4 Å². The van der Waals surface area contributed by atoms with E-state index in [9.17, 15) is 4.79 Å². The molecule has 1 heterocycles. The van der Waals surface area contributed by atoms with Crippen LogP contribution in [-0.2, 0) is 50.5 Å². The van der Waals surface area contributed by atoms with E-state index in [2.05, 4.69) is 31.6 Å². The zero-order valence-electron chi connectivity index (χ0n) is 15.6. The van der Waals surface area contributed by atoms with Crippen molar-refractivity contribution in [2.75, 3.05) is 11.1 Å². The zero-order valence-corrected chi connectivity index (χ0v) is 18.5. The molecule has 1 amide bonds. The molecule has 0 saturated heterocycles. The van der Waals surface area contributed by atoms with E-state index < -0.39 is 0 Å². The van der Waals surface area contributed by atoms with Gasteiger partial charge in [-0.1, -0.05) is 43.3 Å². The van der Waals surface area contributed by atoms with Crippen molar-refractivity contribution in [2.24, 2.45) is 4.99 Å². The number of benzene rings is 2. The van der Waals surface area contributed by atoms with Gasteiger partial charge in [-0.25, -0.2) is 0 Å². The van der Waals surface area contributed by atoms with Crippen molar-refractivity contribution in [3.05, 3.63) is 77.4 Å². The van der Waals surface area contributed by atoms with Gasteiger partial charge in [0.25, 0.3) is 0 Å². The summed E-state index contributed by atoms with van der Waals surface area (Å²) >= 11 is 0. The summed E-state index contributed by atoms with van der Waals surface area (Å²) in [6, 6.07) is 15.3. The number of para-hydroxylation sites is 2. The molecular formula is C20H21N6OY-. The number of amides is 1. The minimum Gasteiger partial charge on any atom is -0.419 e. The van der Waals surface area contributed by atoms with Crippen LogP contribution in [0.2, 0.25) is 0 Å². The van der Waals surface area contributed by atoms with E-state index in [1.165, 1.54) is 0 Å². The van der Waals surface area contributed by atoms with Crippen molar-refractivity contribution in [3.63, 3.8) is 0 Å². The number of aryl methyl sites for hydroxylation is 2. The predicted octanol–water partition coefficient (Wildman–Crippen LogP) is 2.17. The van der Waals surface area contributed by atoms with Gasteiger partial charge in [0.2, 0.25) is 5.91 Å². The number of rotatable bonds is 6. The summed E-state index contributed by atoms with van der Waals surface area (Å²) in [6.07, 6.45) is 3.60. The fourth-order valence-electron chi connectivity index (χ4n) is 2.50. The summed E-state index contributed by atoms with van der Waals surface area (Å²) in [5.41, 5.74) is 9.70. The van der Waals surface area contributed by atoms with Crippen LogP contribution in [0.15, 0.2) is 53.5 Å². The van der Waals surface area contributed by atoms with Crippen LogP contribution in [-0.4, -0.2) is 20.9 Å². The van der Waals surface area contributed by atoms with E-state index in [0.29, 0.717) is 36.4 Å². The number of H-pyrrole nitrogens is 1. The minimum absolute atomic E-state index is 0. The number of nitrogens with zero attached hydrogens (tertiary/aromatic N) is 3. The molecule has 0 spiro atoms. The smallest absolute Gasteiger partial charge is 0.224 e. The standard InChI is InChI=1S/C20H21N6O.Y/c1-14-23-13-24-20(25-14)22-12-16-8-6-15(7-9-16)10-11-19(27)26-18-5-3-2-4-17(18)21;/h2-9H,10-12,21H2,1H3,(H,26,27)(H,22,23,24,25);/q-1;. The third-order valence-electron chi connectivity index (χ3n) is 3.98. The Kier molecular flexibility index (Phi) is 8.48. The Morgan fingerprint density at radius 2 is 1.86 bits per heavy atom. The van der Waals surface area contributed by atoms with E-state index >= 15 is 0 Å². The Morgan fingerprint density at radius 3 is 2.57 bits per heavy atom. The average molecular weight is 450 g/mol. The van der Waals surface area contributed by atoms with Gasteiger partial charge < -0.3 is 31.0 Å². The second kappa shape index (κ2) is 10.8. The number of nitrogen functional groups attached to an aromatic ring is 1. The van der Waals surface area contributed by atoms with Crippen molar-refractivity contribution in [1.82, 2.24) is 15.0 Å². The third-order valence-corrected chi connectivity index (χ3v) is 3.98. The monoisotopic (exact) mass is 450 g/mol. The van der Waals surface area contributed by atoms with E-state index in [-0.39, 0.29) is 38.6 Å². The first-order valence-corrected chi connectivity index (χ1v) is 8.64. The topological polar surface area (TPSA) is 109 Å². The van der Waals surface area contributed by atoms with Gasteiger partial charge in [0.1, 0.15) is 5.62 Å². The summed E-state index contributed by atoms with van der Waals surface area (Å²) in [5.74, 6) is 0.660. The molecule has 2 aromatic carbocycles. The summed E-state index contributed by atoms with van der Waals surface area (Å²) in [5, 5.41) is 2.84. The Bertz CT molecular complexity index is 984. The quantitative estimate of drug-likeness (QED) is 0.395. The van der Waals surface area contributed by atoms with E-state index in [1.807, 2.05) is 43.3 Å². The molecule has 0 aliphatic heterocycles. The van der Waals surface area contributed by atoms with Gasteiger partial charge in [0.15, 0.2) is 0 Å². The van der Waals surface area contributed by atoms with Gasteiger partial charge in [-0.15, -0.1) is 0 Å². The normalized spacial score (nSPS) is 11.0. The largest absolute Gasteiger partial charge is 0.419 e. The maximum Gasteiger partial charge on any atom is 0.224 e. The molecule has 8 heteroatoms. The van der Waals surface area contributed by atoms with Crippen molar-refractivity contribution in [3.8, 4) is 0 Å². The molecule has 3 rings (SSSR count). The maximum atomic E-state index is 12.1. The number of hydrogen-bond acceptors (Lipinski definition) is 5. The number of hydrogen-bond donors (Lipinski definition) is 3. The van der Waals surface area contributed by atoms with E-state index in [4.69, 9.17) is 5.73 Å². The van der Waals surface area contributed by atoms with E-state index in [1.54, 1.807) is 12.1 Å². The second-order valence-electron chi connectivity index (χ2n) is 6.13. The summed E-state index contributed by atoms with van der Waals surface area (Å²) < 4.78 is 0. The van der Waals surface area contributed by atoms with Gasteiger partial charge >= 0.3 is 0 Å². The van der Waals surface area contributed by atoms with Gasteiger partial charge in [-0.3, -0.25) is 4.79 Å². The third kappa shape index (κ3) is 6.66. The van der Waals surface area contributed by atoms with Crippen molar-refractivity contribution in [2.45, 2.75) is 26.3 Å². The fourth-order valence-corrected chi connectivity index (χ4v) is 2.50. The molecule has 141 valence electrons. The summed E-state index contributed by atoms with van der Waals surface area (Å²) in [4.78, 5) is 27.3. The molecule has 0 aliphatic rings. The number of aromatic nitrogens is 3. The molecule has 7 nitrogen and oxygen atoms in total. The molecule has 28 heavy (non-hydrogen) atoms. The number of anilines is 2. The van der Waals surface area contributed by atoms with Crippen LogP contribution in [0.3, 0.4) is 0 Å². The van der Waals surface area contributed by atoms with E-state index in [0.717, 1.165) is 17.0 Å². The molecule has 4 N–H and O–H groups in total. The zero-order chi connectivity index (χ0) is 19.1. The molecule has 0 fully saturated rings. The SMILES string of the molecule is Cc1n[c-]nc(=NCc2ccc(CCC(=O)Nc3ccccc3N)cc2)[nH]1.[Y]. The van der Waals surface area contributed by atoms with Crippen molar-refractivity contribution < 1.29 is 37.5 Å². The number of carbonyl (C=O) groups is 1. The molecule has 1 radical (unpaired) electrons. The fraction of sp³-hybridized carbons (Fsp3) is 0.200. The Hall–Kier alpha value is -2.38. The number of nitrogens with two attached hydrogens (primary N) is 1. The molecular weight excluding hydrogens is 429 g/mol. The van der Waals surface area contributed by atoms with Gasteiger partial charge in [0, 0.05) is 45.5 Å². The van der Waals surface area contributed by atoms with Gasteiger partial charge in [-0.2, -0.15) is 0 Å². The number of carbonyl (C=O) groups excluding carboxylic acids is 1. The van der Waals surface area contributed by atoms with Gasteiger partial charge in [0.05, 0.1) is 17.9 Å². The van der Waals surface area contributed by atoms with Crippen LogP contribution in [0, 0.1) is 13.3 Å². The molecule has 3 aromatic rings. The summed E-state index contributed by atoms with van der Waals surface area (Å²) in [7, 11) is 0. The Balaban J connectivity index is 0.00000280. The first kappa shape index (κ1) is 21.9. The van der Waals surface area contributed by atoms with Crippen LogP contribution in [0.25, 0.3) is 0 Å². The molecule has 0 atom stereocenters. The number of nitrogens with one attached hydrogen (secondary N) is 2. The maximum absolute atomic E-state index is 12.1. The van der Waals surface area contributed by atoms with Crippen molar-refractivity contribution in [1.29, 1.82) is 0 Å². The van der Waals surface area contributed by atoms with Crippen molar-refractivity contribution >= 4 is 17.3 Å². The molecule has 1 aromatic heterocycles. The van der Waals surface area contributed by atoms with Crippen LogP contribution >= 0.6 is 0 Å². The predicted molar refractivity (Wildman–Crippen MR) is 103 cm³/mol.